The summed E-state index contributed by atoms with van der Waals surface area (Å²) in [6, 6.07) is 8.15. The minimum absolute atomic E-state index is 0.0232. The van der Waals surface area contributed by atoms with Crippen LogP contribution in [0.1, 0.15) is 36.3 Å². The number of thiazole rings is 1. The Morgan fingerprint density at radius 2 is 1.82 bits per heavy atom. The van der Waals surface area contributed by atoms with Gasteiger partial charge in [0.2, 0.25) is 15.9 Å². The monoisotopic (exact) mass is 512 g/mol. The number of hydrogen-bond acceptors (Lipinski definition) is 8. The second kappa shape index (κ2) is 12.2. The molecule has 10 nitrogen and oxygen atoms in total. The molecule has 0 aliphatic heterocycles. The van der Waals surface area contributed by atoms with Crippen molar-refractivity contribution in [1.82, 2.24) is 15.6 Å². The molecule has 2 aromatic rings. The van der Waals surface area contributed by atoms with E-state index in [4.69, 9.17) is 0 Å². The van der Waals surface area contributed by atoms with E-state index < -0.39 is 40.1 Å². The molecule has 0 radical (unpaired) electrons. The summed E-state index contributed by atoms with van der Waals surface area (Å²) in [5.41, 5.74) is 0.781. The van der Waals surface area contributed by atoms with Crippen molar-refractivity contribution in [3.05, 3.63) is 47.0 Å². The maximum atomic E-state index is 12.9. The molecule has 0 saturated carbocycles. The van der Waals surface area contributed by atoms with E-state index >= 15 is 0 Å². The molecule has 34 heavy (non-hydrogen) atoms. The molecule has 1 aromatic carbocycles. The van der Waals surface area contributed by atoms with Crippen LogP contribution in [0.25, 0.3) is 0 Å². The van der Waals surface area contributed by atoms with Gasteiger partial charge < -0.3 is 20.8 Å². The van der Waals surface area contributed by atoms with Crippen LogP contribution in [0.15, 0.2) is 35.7 Å². The molecule has 1 heterocycles. The van der Waals surface area contributed by atoms with E-state index in [0.29, 0.717) is 6.54 Å². The number of hydrogen-bond donors (Lipinski definition) is 4. The van der Waals surface area contributed by atoms with Crippen molar-refractivity contribution in [2.24, 2.45) is 5.92 Å². The minimum atomic E-state index is -3.54. The summed E-state index contributed by atoms with van der Waals surface area (Å²) in [6.07, 6.45) is -1.96. The number of nitrogens with zero attached hydrogens (tertiary/aromatic N) is 2. The number of amides is 2. The number of aliphatic hydroxyl groups excluding tert-OH is 2. The van der Waals surface area contributed by atoms with Crippen LogP contribution in [-0.4, -0.2) is 73.5 Å². The number of anilines is 1. The maximum absolute atomic E-state index is 12.9. The summed E-state index contributed by atoms with van der Waals surface area (Å²) in [6.45, 7) is 4.32. The summed E-state index contributed by atoms with van der Waals surface area (Å²) in [4.78, 5) is 29.0. The Morgan fingerprint density at radius 3 is 2.41 bits per heavy atom. The highest BCUT2D eigenvalue weighted by Gasteiger charge is 2.30. The summed E-state index contributed by atoms with van der Waals surface area (Å²) in [7, 11) is -2.21. The number of aliphatic hydroxyl groups is 2. The Bertz CT molecular complexity index is 1060. The summed E-state index contributed by atoms with van der Waals surface area (Å²) in [5.74, 6) is -0.806. The third kappa shape index (κ3) is 8.35. The number of carbonyl (C=O) groups is 2. The molecule has 12 heteroatoms. The van der Waals surface area contributed by atoms with E-state index in [0.717, 1.165) is 27.5 Å². The summed E-state index contributed by atoms with van der Waals surface area (Å²) < 4.78 is 24.4. The van der Waals surface area contributed by atoms with Crippen molar-refractivity contribution >= 4 is 38.3 Å². The van der Waals surface area contributed by atoms with Crippen LogP contribution in [0.2, 0.25) is 0 Å². The zero-order valence-electron chi connectivity index (χ0n) is 19.6. The highest BCUT2D eigenvalue weighted by Crippen LogP contribution is 2.21. The number of benzene rings is 1. The van der Waals surface area contributed by atoms with E-state index in [-0.39, 0.29) is 29.6 Å². The Balaban J connectivity index is 2.16. The fourth-order valence-corrected chi connectivity index (χ4v) is 4.53. The fourth-order valence-electron chi connectivity index (χ4n) is 2.99. The van der Waals surface area contributed by atoms with E-state index in [1.807, 2.05) is 44.2 Å². The molecule has 2 amide bonds. The number of nitrogens with one attached hydrogen (secondary N) is 2. The van der Waals surface area contributed by atoms with Gasteiger partial charge in [0, 0.05) is 19.0 Å². The average molecular weight is 513 g/mol. The molecule has 2 rings (SSSR count). The standard InChI is InChI=1S/C22H32N4O6S2/c1-14(2)12-23-19(28)11-18(27)20(29)16(10-15-8-6-5-7-9-15)24-21(30)17-13-33-22(25-17)26(3)34(4,31)32/h5-9,13-14,16,18,20,27,29H,10-12H2,1-4H3,(H,23,28)(H,24,30)/t16-,18+,20+/m0/s1. The number of aromatic nitrogens is 1. The van der Waals surface area contributed by atoms with E-state index in [1.54, 1.807) is 0 Å². The molecule has 0 fully saturated rings. The van der Waals surface area contributed by atoms with Gasteiger partial charge in [0.05, 0.1) is 24.8 Å². The van der Waals surface area contributed by atoms with Crippen LogP contribution in [0, 0.1) is 5.92 Å². The van der Waals surface area contributed by atoms with Gasteiger partial charge in [0.25, 0.3) is 5.91 Å². The van der Waals surface area contributed by atoms with Gasteiger partial charge in [-0.05, 0) is 17.9 Å². The largest absolute Gasteiger partial charge is 0.390 e. The first-order chi connectivity index (χ1) is 15.9. The molecule has 0 saturated heterocycles. The normalized spacial score (nSPS) is 14.3. The highest BCUT2D eigenvalue weighted by molar-refractivity contribution is 7.92. The van der Waals surface area contributed by atoms with Gasteiger partial charge in [0.1, 0.15) is 11.8 Å². The Hall–Kier alpha value is -2.54. The van der Waals surface area contributed by atoms with Crippen molar-refractivity contribution < 1.29 is 28.2 Å². The molecular weight excluding hydrogens is 480 g/mol. The first kappa shape index (κ1) is 27.7. The van der Waals surface area contributed by atoms with Gasteiger partial charge in [-0.25, -0.2) is 17.7 Å². The first-order valence-corrected chi connectivity index (χ1v) is 13.5. The lowest BCUT2D eigenvalue weighted by Crippen LogP contribution is -2.51. The van der Waals surface area contributed by atoms with Crippen LogP contribution in [-0.2, 0) is 21.2 Å². The van der Waals surface area contributed by atoms with Gasteiger partial charge in [-0.1, -0.05) is 44.2 Å². The van der Waals surface area contributed by atoms with Crippen molar-refractivity contribution in [3.63, 3.8) is 0 Å². The molecule has 4 N–H and O–H groups in total. The van der Waals surface area contributed by atoms with Crippen LogP contribution in [0.5, 0.6) is 0 Å². The highest BCUT2D eigenvalue weighted by atomic mass is 32.2. The minimum Gasteiger partial charge on any atom is -0.390 e. The van der Waals surface area contributed by atoms with Gasteiger partial charge in [-0.2, -0.15) is 0 Å². The average Bonchev–Trinajstić information content (AvgIpc) is 3.26. The molecule has 0 spiro atoms. The second-order valence-corrected chi connectivity index (χ2v) is 11.3. The van der Waals surface area contributed by atoms with Crippen LogP contribution in [0.4, 0.5) is 5.13 Å². The Morgan fingerprint density at radius 1 is 1.18 bits per heavy atom. The van der Waals surface area contributed by atoms with Gasteiger partial charge in [0.15, 0.2) is 5.13 Å². The zero-order valence-corrected chi connectivity index (χ0v) is 21.3. The maximum Gasteiger partial charge on any atom is 0.271 e. The fraction of sp³-hybridized carbons (Fsp3) is 0.500. The van der Waals surface area contributed by atoms with E-state index in [2.05, 4.69) is 15.6 Å². The van der Waals surface area contributed by atoms with Crippen LogP contribution in [0.3, 0.4) is 0 Å². The van der Waals surface area contributed by atoms with Crippen LogP contribution >= 0.6 is 11.3 Å². The van der Waals surface area contributed by atoms with Crippen LogP contribution < -0.4 is 14.9 Å². The third-order valence-electron chi connectivity index (χ3n) is 5.01. The van der Waals surface area contributed by atoms with Gasteiger partial charge >= 0.3 is 0 Å². The van der Waals surface area contributed by atoms with Crippen molar-refractivity contribution in [1.29, 1.82) is 0 Å². The lowest BCUT2D eigenvalue weighted by Gasteiger charge is -2.27. The third-order valence-corrected chi connectivity index (χ3v) is 7.22. The first-order valence-electron chi connectivity index (χ1n) is 10.8. The molecule has 188 valence electrons. The van der Waals surface area contributed by atoms with E-state index in [9.17, 15) is 28.2 Å². The molecule has 0 bridgehead atoms. The molecule has 0 aliphatic carbocycles. The second-order valence-electron chi connectivity index (χ2n) is 8.48. The number of carbonyl (C=O) groups excluding carboxylic acids is 2. The molecule has 3 atom stereocenters. The Kier molecular flexibility index (Phi) is 9.98. The predicted molar refractivity (Wildman–Crippen MR) is 131 cm³/mol. The van der Waals surface area contributed by atoms with Crippen molar-refractivity contribution in [2.45, 2.75) is 44.9 Å². The van der Waals surface area contributed by atoms with E-state index in [1.165, 1.54) is 12.4 Å². The summed E-state index contributed by atoms with van der Waals surface area (Å²) >= 11 is 0.985. The van der Waals surface area contributed by atoms with Crippen molar-refractivity contribution in [2.75, 3.05) is 24.2 Å². The Labute approximate surface area is 204 Å². The number of rotatable bonds is 12. The predicted octanol–water partition coefficient (Wildman–Crippen LogP) is 0.764. The lowest BCUT2D eigenvalue weighted by atomic mass is 9.96. The molecule has 0 aliphatic rings. The SMILES string of the molecule is CC(C)CNC(=O)C[C@@H](O)[C@H](O)[C@H](Cc1ccccc1)NC(=O)c1csc(N(C)S(C)(=O)=O)n1. The van der Waals surface area contributed by atoms with Crippen molar-refractivity contribution in [3.8, 4) is 0 Å². The molecular formula is C22H32N4O6S2. The number of sulfonamides is 1. The summed E-state index contributed by atoms with van der Waals surface area (Å²) in [5, 5.41) is 28.2. The van der Waals surface area contributed by atoms with Gasteiger partial charge in [-0.3, -0.25) is 9.59 Å². The van der Waals surface area contributed by atoms with Gasteiger partial charge in [-0.15, -0.1) is 11.3 Å². The zero-order chi connectivity index (χ0) is 25.5. The quantitative estimate of drug-likeness (QED) is 0.328. The molecule has 1 aromatic heterocycles. The molecule has 0 unspecified atom stereocenters. The topological polar surface area (TPSA) is 149 Å². The lowest BCUT2D eigenvalue weighted by molar-refractivity contribution is -0.125. The smallest absolute Gasteiger partial charge is 0.271 e.